The molecule has 0 spiro atoms. The van der Waals surface area contributed by atoms with Crippen molar-refractivity contribution in [2.45, 2.75) is 13.1 Å². The minimum Gasteiger partial charge on any atom is -0.478 e. The topological polar surface area (TPSA) is 49.3 Å². The molecule has 0 aliphatic carbocycles. The molecule has 2 aromatic carbocycles. The molecule has 20 heavy (non-hydrogen) atoms. The van der Waals surface area contributed by atoms with Crippen molar-refractivity contribution in [1.82, 2.24) is 5.32 Å². The summed E-state index contributed by atoms with van der Waals surface area (Å²) in [4.78, 5) is 10.7. The Labute approximate surface area is 129 Å². The van der Waals surface area contributed by atoms with E-state index in [2.05, 4.69) is 5.32 Å². The van der Waals surface area contributed by atoms with Gasteiger partial charge in [-0.3, -0.25) is 0 Å². The van der Waals surface area contributed by atoms with Gasteiger partial charge in [0.25, 0.3) is 0 Å². The van der Waals surface area contributed by atoms with Crippen molar-refractivity contribution in [3.8, 4) is 0 Å². The molecule has 2 aromatic rings. The summed E-state index contributed by atoms with van der Waals surface area (Å²) < 4.78 is 0. The van der Waals surface area contributed by atoms with Crippen molar-refractivity contribution in [3.63, 3.8) is 0 Å². The molecule has 0 bridgehead atoms. The van der Waals surface area contributed by atoms with E-state index in [9.17, 15) is 4.79 Å². The molecule has 2 rings (SSSR count). The van der Waals surface area contributed by atoms with E-state index in [1.54, 1.807) is 12.1 Å². The lowest BCUT2D eigenvalue weighted by molar-refractivity contribution is 0.0697. The summed E-state index contributed by atoms with van der Waals surface area (Å²) in [7, 11) is 0. The molecule has 0 heterocycles. The third-order valence-electron chi connectivity index (χ3n) is 2.75. The highest BCUT2D eigenvalue weighted by Gasteiger charge is 2.01. The highest BCUT2D eigenvalue weighted by atomic mass is 35.5. The molecule has 2 N–H and O–H groups in total. The first-order valence-electron chi connectivity index (χ1n) is 5.92. The molecule has 0 aliphatic heterocycles. The first-order chi connectivity index (χ1) is 9.15. The van der Waals surface area contributed by atoms with Crippen LogP contribution in [-0.4, -0.2) is 11.1 Å². The minimum absolute atomic E-state index is 0. The third-order valence-corrected chi connectivity index (χ3v) is 2.98. The number of carbonyl (C=O) groups is 1. The molecular formula is C15H15Cl2NO2. The summed E-state index contributed by atoms with van der Waals surface area (Å²) in [6, 6.07) is 14.5. The van der Waals surface area contributed by atoms with Gasteiger partial charge in [0.05, 0.1) is 5.56 Å². The van der Waals surface area contributed by atoms with Crippen LogP contribution in [0.15, 0.2) is 48.5 Å². The minimum atomic E-state index is -0.904. The van der Waals surface area contributed by atoms with Gasteiger partial charge in [-0.2, -0.15) is 0 Å². The van der Waals surface area contributed by atoms with Gasteiger partial charge in [0, 0.05) is 18.1 Å². The van der Waals surface area contributed by atoms with Crippen molar-refractivity contribution < 1.29 is 9.90 Å². The first-order valence-corrected chi connectivity index (χ1v) is 6.30. The Morgan fingerprint density at radius 2 is 1.70 bits per heavy atom. The second-order valence-electron chi connectivity index (χ2n) is 4.24. The van der Waals surface area contributed by atoms with Crippen LogP contribution in [0.5, 0.6) is 0 Å². The summed E-state index contributed by atoms with van der Waals surface area (Å²) in [6.45, 7) is 1.41. The summed E-state index contributed by atoms with van der Waals surface area (Å²) in [6.07, 6.45) is 0. The molecule has 3 nitrogen and oxygen atoms in total. The van der Waals surface area contributed by atoms with Crippen LogP contribution < -0.4 is 5.32 Å². The van der Waals surface area contributed by atoms with Crippen LogP contribution >= 0.6 is 24.0 Å². The fourth-order valence-electron chi connectivity index (χ4n) is 1.76. The predicted molar refractivity (Wildman–Crippen MR) is 82.6 cm³/mol. The van der Waals surface area contributed by atoms with Crippen molar-refractivity contribution in [2.75, 3.05) is 0 Å². The Kier molecular flexibility index (Phi) is 6.52. The molecule has 0 radical (unpaired) electrons. The maximum Gasteiger partial charge on any atom is 0.335 e. The van der Waals surface area contributed by atoms with Gasteiger partial charge in [0.2, 0.25) is 0 Å². The maximum atomic E-state index is 10.7. The Morgan fingerprint density at radius 3 is 2.30 bits per heavy atom. The Morgan fingerprint density at radius 1 is 1.05 bits per heavy atom. The van der Waals surface area contributed by atoms with E-state index in [1.807, 2.05) is 36.4 Å². The second-order valence-corrected chi connectivity index (χ2v) is 4.67. The van der Waals surface area contributed by atoms with Gasteiger partial charge in [-0.1, -0.05) is 35.9 Å². The zero-order valence-electron chi connectivity index (χ0n) is 10.7. The molecule has 0 amide bonds. The van der Waals surface area contributed by atoms with Gasteiger partial charge in [0.15, 0.2) is 0 Å². The van der Waals surface area contributed by atoms with E-state index < -0.39 is 5.97 Å². The number of halogens is 2. The standard InChI is InChI=1S/C15H14ClNO2.ClH/c16-14-3-1-2-12(8-14)10-17-9-11-4-6-13(7-5-11)15(18)19;/h1-8,17H,9-10H2,(H,18,19);1H. The zero-order chi connectivity index (χ0) is 13.7. The maximum absolute atomic E-state index is 10.7. The summed E-state index contributed by atoms with van der Waals surface area (Å²) in [5.41, 5.74) is 2.47. The third kappa shape index (κ3) is 4.85. The summed E-state index contributed by atoms with van der Waals surface area (Å²) in [5.74, 6) is -0.904. The fraction of sp³-hybridized carbons (Fsp3) is 0.133. The number of carboxylic acid groups (broad SMARTS) is 1. The number of hydrogen-bond acceptors (Lipinski definition) is 2. The number of benzene rings is 2. The summed E-state index contributed by atoms with van der Waals surface area (Å²) >= 11 is 5.90. The highest BCUT2D eigenvalue weighted by Crippen LogP contribution is 2.10. The second kappa shape index (κ2) is 7.90. The highest BCUT2D eigenvalue weighted by molar-refractivity contribution is 6.30. The molecule has 5 heteroatoms. The molecule has 0 fully saturated rings. The number of hydrogen-bond donors (Lipinski definition) is 2. The van der Waals surface area contributed by atoms with Crippen molar-refractivity contribution in [2.24, 2.45) is 0 Å². The fourth-order valence-corrected chi connectivity index (χ4v) is 1.98. The summed E-state index contributed by atoms with van der Waals surface area (Å²) in [5, 5.41) is 12.8. The zero-order valence-corrected chi connectivity index (χ0v) is 12.2. The van der Waals surface area contributed by atoms with E-state index in [0.717, 1.165) is 22.7 Å². The largest absolute Gasteiger partial charge is 0.478 e. The smallest absolute Gasteiger partial charge is 0.335 e. The number of nitrogens with one attached hydrogen (secondary N) is 1. The molecule has 0 saturated heterocycles. The lowest BCUT2D eigenvalue weighted by atomic mass is 10.1. The quantitative estimate of drug-likeness (QED) is 0.884. The Hall–Kier alpha value is -1.55. The SMILES string of the molecule is Cl.O=C(O)c1ccc(CNCc2cccc(Cl)c2)cc1. The van der Waals surface area contributed by atoms with Crippen LogP contribution in [0.3, 0.4) is 0 Å². The van der Waals surface area contributed by atoms with Gasteiger partial charge >= 0.3 is 5.97 Å². The van der Waals surface area contributed by atoms with Gasteiger partial charge in [0.1, 0.15) is 0 Å². The van der Waals surface area contributed by atoms with Gasteiger partial charge in [-0.25, -0.2) is 4.79 Å². The predicted octanol–water partition coefficient (Wildman–Crippen LogP) is 3.75. The van der Waals surface area contributed by atoms with E-state index in [1.165, 1.54) is 0 Å². The van der Waals surface area contributed by atoms with E-state index in [0.29, 0.717) is 12.1 Å². The number of carboxylic acids is 1. The monoisotopic (exact) mass is 311 g/mol. The molecule has 106 valence electrons. The van der Waals surface area contributed by atoms with Crippen LogP contribution in [0.25, 0.3) is 0 Å². The lowest BCUT2D eigenvalue weighted by Crippen LogP contribution is -2.12. The molecule has 0 aromatic heterocycles. The molecule has 0 aliphatic rings. The van der Waals surface area contributed by atoms with Crippen LogP contribution in [0.2, 0.25) is 5.02 Å². The molecule has 0 atom stereocenters. The van der Waals surface area contributed by atoms with Gasteiger partial charge < -0.3 is 10.4 Å². The van der Waals surface area contributed by atoms with Crippen LogP contribution in [0.1, 0.15) is 21.5 Å². The van der Waals surface area contributed by atoms with E-state index in [4.69, 9.17) is 16.7 Å². The van der Waals surface area contributed by atoms with Gasteiger partial charge in [-0.05, 0) is 35.4 Å². The normalized spacial score (nSPS) is 9.85. The number of rotatable bonds is 5. The van der Waals surface area contributed by atoms with Crippen LogP contribution in [0, 0.1) is 0 Å². The van der Waals surface area contributed by atoms with E-state index in [-0.39, 0.29) is 12.4 Å². The molecule has 0 unspecified atom stereocenters. The first kappa shape index (κ1) is 16.5. The van der Waals surface area contributed by atoms with Crippen LogP contribution in [0.4, 0.5) is 0 Å². The van der Waals surface area contributed by atoms with Gasteiger partial charge in [-0.15, -0.1) is 12.4 Å². The molecular weight excluding hydrogens is 297 g/mol. The van der Waals surface area contributed by atoms with Crippen molar-refractivity contribution >= 4 is 30.0 Å². The van der Waals surface area contributed by atoms with Crippen LogP contribution in [-0.2, 0) is 13.1 Å². The van der Waals surface area contributed by atoms with Crippen molar-refractivity contribution in [1.29, 1.82) is 0 Å². The Bertz CT molecular complexity index is 570. The lowest BCUT2D eigenvalue weighted by Gasteiger charge is -2.06. The Balaban J connectivity index is 0.00000200. The molecule has 0 saturated carbocycles. The number of aromatic carboxylic acids is 1. The van der Waals surface area contributed by atoms with Crippen molar-refractivity contribution in [3.05, 3.63) is 70.2 Å². The average Bonchev–Trinajstić information content (AvgIpc) is 2.39. The average molecular weight is 312 g/mol. The van der Waals surface area contributed by atoms with E-state index >= 15 is 0 Å².